The molecule has 0 aliphatic carbocycles. The fourth-order valence-corrected chi connectivity index (χ4v) is 4.15. The molecule has 0 aliphatic rings. The molecule has 27 heavy (non-hydrogen) atoms. The summed E-state index contributed by atoms with van der Waals surface area (Å²) in [4.78, 5) is 30.4. The third-order valence-corrected chi connectivity index (χ3v) is 6.13. The second-order valence-electron chi connectivity index (χ2n) is 6.10. The molecule has 1 amide bonds. The van der Waals surface area contributed by atoms with E-state index in [1.54, 1.807) is 28.5 Å². The zero-order valence-corrected chi connectivity index (χ0v) is 17.2. The van der Waals surface area contributed by atoms with Gasteiger partial charge in [0.15, 0.2) is 4.80 Å². The van der Waals surface area contributed by atoms with Gasteiger partial charge < -0.3 is 9.30 Å². The second kappa shape index (κ2) is 8.10. The summed E-state index contributed by atoms with van der Waals surface area (Å²) in [6.07, 6.45) is 1.98. The van der Waals surface area contributed by atoms with Crippen molar-refractivity contribution in [3.8, 4) is 0 Å². The van der Waals surface area contributed by atoms with Gasteiger partial charge in [-0.05, 0) is 67.6 Å². The number of aryl methyl sites for hydroxylation is 2. The summed E-state index contributed by atoms with van der Waals surface area (Å²) in [6, 6.07) is 11.4. The lowest BCUT2D eigenvalue weighted by atomic mass is 10.1. The molecule has 0 saturated carbocycles. The molecule has 1 aromatic heterocycles. The lowest BCUT2D eigenvalue weighted by Crippen LogP contribution is -2.22. The number of esters is 1. The van der Waals surface area contributed by atoms with E-state index in [1.165, 1.54) is 18.4 Å². The van der Waals surface area contributed by atoms with E-state index in [9.17, 15) is 9.59 Å². The van der Waals surface area contributed by atoms with Crippen molar-refractivity contribution in [2.75, 3.05) is 13.4 Å². The molecule has 0 bridgehead atoms. The predicted octanol–water partition coefficient (Wildman–Crippen LogP) is 3.96. The van der Waals surface area contributed by atoms with Crippen LogP contribution in [0, 0.1) is 13.8 Å². The third kappa shape index (κ3) is 4.14. The number of carbonyl (C=O) groups is 2. The minimum atomic E-state index is -0.383. The first kappa shape index (κ1) is 19.4. The van der Waals surface area contributed by atoms with Gasteiger partial charge in [0.1, 0.15) is 6.54 Å². The highest BCUT2D eigenvalue weighted by Crippen LogP contribution is 2.22. The molecular weight excluding hydrogens is 380 g/mol. The Bertz CT molecular complexity index is 1080. The molecule has 7 heteroatoms. The zero-order chi connectivity index (χ0) is 19.6. The van der Waals surface area contributed by atoms with Crippen LogP contribution in [0.1, 0.15) is 21.5 Å². The Labute approximate surface area is 165 Å². The van der Waals surface area contributed by atoms with Gasteiger partial charge in [-0.1, -0.05) is 11.3 Å². The van der Waals surface area contributed by atoms with Gasteiger partial charge in [0.2, 0.25) is 0 Å². The van der Waals surface area contributed by atoms with Gasteiger partial charge in [-0.2, -0.15) is 4.99 Å². The van der Waals surface area contributed by atoms with E-state index in [4.69, 9.17) is 4.74 Å². The quantitative estimate of drug-likeness (QED) is 0.491. The van der Waals surface area contributed by atoms with Crippen molar-refractivity contribution in [3.63, 3.8) is 0 Å². The zero-order valence-electron chi connectivity index (χ0n) is 15.6. The van der Waals surface area contributed by atoms with Crippen molar-refractivity contribution >= 4 is 45.2 Å². The van der Waals surface area contributed by atoms with E-state index in [1.807, 2.05) is 38.3 Å². The van der Waals surface area contributed by atoms with Crippen molar-refractivity contribution < 1.29 is 14.3 Å². The number of carbonyl (C=O) groups excluding carboxylic acids is 2. The van der Waals surface area contributed by atoms with Crippen LogP contribution in [-0.4, -0.2) is 29.8 Å². The number of amides is 1. The lowest BCUT2D eigenvalue weighted by molar-refractivity contribution is -0.141. The van der Waals surface area contributed by atoms with Crippen LogP contribution in [0.25, 0.3) is 10.2 Å². The van der Waals surface area contributed by atoms with Crippen molar-refractivity contribution in [1.82, 2.24) is 4.57 Å². The van der Waals surface area contributed by atoms with Crippen LogP contribution in [-0.2, 0) is 16.1 Å². The van der Waals surface area contributed by atoms with E-state index >= 15 is 0 Å². The van der Waals surface area contributed by atoms with E-state index in [0.717, 1.165) is 26.2 Å². The number of ether oxygens (including phenoxy) is 1. The van der Waals surface area contributed by atoms with Gasteiger partial charge in [0.05, 0.1) is 17.3 Å². The number of benzene rings is 2. The van der Waals surface area contributed by atoms with Crippen LogP contribution in [0.15, 0.2) is 46.3 Å². The summed E-state index contributed by atoms with van der Waals surface area (Å²) in [6.45, 7) is 4.06. The molecule has 2 aromatic carbocycles. The maximum absolute atomic E-state index is 12.6. The van der Waals surface area contributed by atoms with Gasteiger partial charge in [-0.15, -0.1) is 11.8 Å². The van der Waals surface area contributed by atoms with Gasteiger partial charge in [-0.25, -0.2) is 0 Å². The molecule has 0 aliphatic heterocycles. The number of hydrogen-bond acceptors (Lipinski definition) is 5. The van der Waals surface area contributed by atoms with Gasteiger partial charge in [0, 0.05) is 10.5 Å². The number of methoxy groups -OCH3 is 1. The van der Waals surface area contributed by atoms with Crippen LogP contribution >= 0.6 is 23.1 Å². The number of thioether (sulfide) groups is 1. The minimum absolute atomic E-state index is 0.0104. The van der Waals surface area contributed by atoms with Crippen LogP contribution in [0.5, 0.6) is 0 Å². The topological polar surface area (TPSA) is 60.7 Å². The first-order valence-electron chi connectivity index (χ1n) is 8.33. The lowest BCUT2D eigenvalue weighted by Gasteiger charge is -2.05. The largest absolute Gasteiger partial charge is 0.468 e. The van der Waals surface area contributed by atoms with E-state index in [-0.39, 0.29) is 18.4 Å². The summed E-state index contributed by atoms with van der Waals surface area (Å²) < 4.78 is 7.53. The summed E-state index contributed by atoms with van der Waals surface area (Å²) in [5.41, 5.74) is 3.66. The fourth-order valence-electron chi connectivity index (χ4n) is 2.64. The number of rotatable bonds is 4. The standard InChI is InChI=1S/C20H20N2O3S2/c1-12-9-16-17(10-13(12)2)27-20(22(16)11-18(23)25-3)21-19(24)14-5-7-15(26-4)8-6-14/h5-10H,11H2,1-4H3. The van der Waals surface area contributed by atoms with Crippen molar-refractivity contribution in [2.24, 2.45) is 4.99 Å². The minimum Gasteiger partial charge on any atom is -0.468 e. The van der Waals surface area contributed by atoms with Crippen LogP contribution in [0.4, 0.5) is 0 Å². The smallest absolute Gasteiger partial charge is 0.325 e. The first-order chi connectivity index (χ1) is 12.9. The number of nitrogens with zero attached hydrogens (tertiary/aromatic N) is 2. The summed E-state index contributed by atoms with van der Waals surface area (Å²) in [7, 11) is 1.35. The van der Waals surface area contributed by atoms with Crippen LogP contribution in [0.2, 0.25) is 0 Å². The Balaban J connectivity index is 2.12. The number of fused-ring (bicyclic) bond motifs is 1. The monoisotopic (exact) mass is 400 g/mol. The molecular formula is C20H20N2O3S2. The second-order valence-corrected chi connectivity index (χ2v) is 7.99. The molecule has 0 atom stereocenters. The molecule has 0 unspecified atom stereocenters. The molecule has 140 valence electrons. The highest BCUT2D eigenvalue weighted by atomic mass is 32.2. The Kier molecular flexibility index (Phi) is 5.82. The Morgan fingerprint density at radius 1 is 1.15 bits per heavy atom. The highest BCUT2D eigenvalue weighted by molar-refractivity contribution is 7.98. The average Bonchev–Trinajstić information content (AvgIpc) is 2.98. The van der Waals surface area contributed by atoms with E-state index in [2.05, 4.69) is 11.1 Å². The predicted molar refractivity (Wildman–Crippen MR) is 109 cm³/mol. The van der Waals surface area contributed by atoms with Gasteiger partial charge >= 0.3 is 5.97 Å². The number of hydrogen-bond donors (Lipinski definition) is 0. The van der Waals surface area contributed by atoms with E-state index in [0.29, 0.717) is 10.4 Å². The highest BCUT2D eigenvalue weighted by Gasteiger charge is 2.13. The first-order valence-corrected chi connectivity index (χ1v) is 10.4. The van der Waals surface area contributed by atoms with Crippen molar-refractivity contribution in [3.05, 3.63) is 57.9 Å². The van der Waals surface area contributed by atoms with Gasteiger partial charge in [0.25, 0.3) is 5.91 Å². The number of aromatic nitrogens is 1. The molecule has 0 spiro atoms. The molecule has 0 radical (unpaired) electrons. The normalized spacial score (nSPS) is 11.8. The maximum atomic E-state index is 12.6. The molecule has 5 nitrogen and oxygen atoms in total. The Morgan fingerprint density at radius 2 is 1.81 bits per heavy atom. The van der Waals surface area contributed by atoms with E-state index < -0.39 is 0 Å². The SMILES string of the molecule is COC(=O)Cn1c(=NC(=O)c2ccc(SC)cc2)sc2cc(C)c(C)cc21. The molecule has 0 fully saturated rings. The van der Waals surface area contributed by atoms with Crippen LogP contribution < -0.4 is 4.80 Å². The Hall–Kier alpha value is -2.38. The molecule has 0 saturated heterocycles. The van der Waals surface area contributed by atoms with Gasteiger partial charge in [-0.3, -0.25) is 9.59 Å². The molecule has 3 rings (SSSR count). The summed E-state index contributed by atoms with van der Waals surface area (Å²) >= 11 is 3.01. The maximum Gasteiger partial charge on any atom is 0.325 e. The molecule has 1 heterocycles. The molecule has 3 aromatic rings. The van der Waals surface area contributed by atoms with Crippen molar-refractivity contribution in [2.45, 2.75) is 25.3 Å². The molecule has 0 N–H and O–H groups in total. The third-order valence-electron chi connectivity index (χ3n) is 4.35. The van der Waals surface area contributed by atoms with Crippen LogP contribution in [0.3, 0.4) is 0 Å². The number of thiazole rings is 1. The summed E-state index contributed by atoms with van der Waals surface area (Å²) in [5, 5.41) is 0. The fraction of sp³-hybridized carbons (Fsp3) is 0.250. The summed E-state index contributed by atoms with van der Waals surface area (Å²) in [5.74, 6) is -0.715. The van der Waals surface area contributed by atoms with Crippen molar-refractivity contribution in [1.29, 1.82) is 0 Å². The Morgan fingerprint density at radius 3 is 2.44 bits per heavy atom. The average molecular weight is 401 g/mol.